The highest BCUT2D eigenvalue weighted by Gasteiger charge is 2.34. The minimum Gasteiger partial charge on any atom is -0.393 e. The van der Waals surface area contributed by atoms with Gasteiger partial charge in [0.2, 0.25) is 0 Å². The van der Waals surface area contributed by atoms with Crippen LogP contribution >= 0.6 is 0 Å². The second-order valence-corrected chi connectivity index (χ2v) is 2.31. The molecule has 4 heteroatoms. The number of rotatable bonds is 3. The van der Waals surface area contributed by atoms with Crippen LogP contribution in [0.3, 0.4) is 0 Å². The van der Waals surface area contributed by atoms with Crippen LogP contribution in [0.2, 0.25) is 0 Å². The van der Waals surface area contributed by atoms with E-state index in [2.05, 4.69) is 0 Å². The van der Waals surface area contributed by atoms with Crippen molar-refractivity contribution in [1.82, 2.24) is 0 Å². The van der Waals surface area contributed by atoms with Crippen LogP contribution in [0.5, 0.6) is 0 Å². The van der Waals surface area contributed by atoms with Crippen molar-refractivity contribution in [2.24, 2.45) is 0 Å². The molecule has 0 bridgehead atoms. The van der Waals surface area contributed by atoms with Crippen molar-refractivity contribution in [2.45, 2.75) is 11.7 Å². The molecule has 2 atom stereocenters. The lowest BCUT2D eigenvalue weighted by molar-refractivity contribution is -0.135. The first-order chi connectivity index (χ1) is 5.26. The Balaban J connectivity index is 2.71. The highest BCUT2D eigenvalue weighted by Crippen LogP contribution is 2.19. The number of aliphatic hydroxyl groups excluding tert-OH is 1. The second kappa shape index (κ2) is 2.94. The Bertz CT molecular complexity index is 199. The molecule has 0 saturated heterocycles. The zero-order valence-electron chi connectivity index (χ0n) is 5.77. The standard InChI is InChI=1S/C7H8O4/c8-3-6-1-2-7(4-9,5-10)11-6/h1-4,6,10H,5H2. The zero-order chi connectivity index (χ0) is 8.32. The van der Waals surface area contributed by atoms with Crippen LogP contribution in [-0.4, -0.2) is 36.0 Å². The van der Waals surface area contributed by atoms with Crippen LogP contribution in [0.4, 0.5) is 0 Å². The van der Waals surface area contributed by atoms with E-state index in [0.29, 0.717) is 12.6 Å². The lowest BCUT2D eigenvalue weighted by Crippen LogP contribution is -2.35. The number of aldehydes is 2. The SMILES string of the molecule is O=CC1C=CC(C=O)(CO)O1. The first kappa shape index (κ1) is 8.10. The van der Waals surface area contributed by atoms with Gasteiger partial charge in [-0.05, 0) is 12.2 Å². The van der Waals surface area contributed by atoms with Gasteiger partial charge in [0.05, 0.1) is 6.61 Å². The van der Waals surface area contributed by atoms with Gasteiger partial charge < -0.3 is 14.6 Å². The second-order valence-electron chi connectivity index (χ2n) is 2.31. The predicted octanol–water partition coefficient (Wildman–Crippen LogP) is -0.930. The average Bonchev–Trinajstić information content (AvgIpc) is 2.49. The fraction of sp³-hybridized carbons (Fsp3) is 0.429. The summed E-state index contributed by atoms with van der Waals surface area (Å²) in [6.07, 6.45) is 3.17. The van der Waals surface area contributed by atoms with E-state index in [4.69, 9.17) is 9.84 Å². The third-order valence-corrected chi connectivity index (χ3v) is 1.50. The normalized spacial score (nSPS) is 35.5. The van der Waals surface area contributed by atoms with Crippen LogP contribution in [0.1, 0.15) is 0 Å². The third-order valence-electron chi connectivity index (χ3n) is 1.50. The lowest BCUT2D eigenvalue weighted by Gasteiger charge is -2.17. The molecule has 1 aliphatic heterocycles. The van der Waals surface area contributed by atoms with E-state index in [1.807, 2.05) is 0 Å². The molecule has 1 aliphatic rings. The summed E-state index contributed by atoms with van der Waals surface area (Å²) in [6.45, 7) is -0.433. The van der Waals surface area contributed by atoms with Crippen molar-refractivity contribution < 1.29 is 19.4 Å². The summed E-state index contributed by atoms with van der Waals surface area (Å²) in [5.41, 5.74) is -1.29. The van der Waals surface area contributed by atoms with Gasteiger partial charge in [0, 0.05) is 0 Å². The molecule has 0 spiro atoms. The molecule has 1 N–H and O–H groups in total. The number of hydrogen-bond acceptors (Lipinski definition) is 4. The molecule has 0 saturated carbocycles. The van der Waals surface area contributed by atoms with Gasteiger partial charge in [-0.1, -0.05) is 0 Å². The molecule has 1 rings (SSSR count). The van der Waals surface area contributed by atoms with Crippen molar-refractivity contribution in [1.29, 1.82) is 0 Å². The van der Waals surface area contributed by atoms with Crippen LogP contribution in [0.15, 0.2) is 12.2 Å². The van der Waals surface area contributed by atoms with Crippen LogP contribution < -0.4 is 0 Å². The number of carbonyl (C=O) groups is 2. The fourth-order valence-corrected chi connectivity index (χ4v) is 0.857. The molecule has 0 aromatic rings. The predicted molar refractivity (Wildman–Crippen MR) is 36.0 cm³/mol. The van der Waals surface area contributed by atoms with E-state index in [0.717, 1.165) is 0 Å². The monoisotopic (exact) mass is 156 g/mol. The molecular weight excluding hydrogens is 148 g/mol. The molecule has 4 nitrogen and oxygen atoms in total. The highest BCUT2D eigenvalue weighted by atomic mass is 16.5. The molecule has 0 aromatic heterocycles. The third kappa shape index (κ3) is 1.36. The van der Waals surface area contributed by atoms with Crippen LogP contribution in [0, 0.1) is 0 Å². The number of aliphatic hydroxyl groups is 1. The van der Waals surface area contributed by atoms with E-state index < -0.39 is 18.3 Å². The molecule has 11 heavy (non-hydrogen) atoms. The van der Waals surface area contributed by atoms with Gasteiger partial charge in [0.15, 0.2) is 18.2 Å². The summed E-state index contributed by atoms with van der Waals surface area (Å²) in [5, 5.41) is 8.71. The molecule has 2 unspecified atom stereocenters. The van der Waals surface area contributed by atoms with Crippen LogP contribution in [-0.2, 0) is 14.3 Å². The van der Waals surface area contributed by atoms with E-state index in [1.165, 1.54) is 12.2 Å². The Morgan fingerprint density at radius 3 is 2.64 bits per heavy atom. The van der Waals surface area contributed by atoms with E-state index >= 15 is 0 Å². The summed E-state index contributed by atoms with van der Waals surface area (Å²) in [4.78, 5) is 20.5. The topological polar surface area (TPSA) is 63.6 Å². The summed E-state index contributed by atoms with van der Waals surface area (Å²) >= 11 is 0. The van der Waals surface area contributed by atoms with Crippen molar-refractivity contribution in [3.05, 3.63) is 12.2 Å². The minimum atomic E-state index is -1.29. The molecular formula is C7H8O4. The number of hydrogen-bond donors (Lipinski definition) is 1. The Kier molecular flexibility index (Phi) is 2.16. The molecule has 1 heterocycles. The maximum absolute atomic E-state index is 10.4. The maximum atomic E-state index is 10.4. The molecule has 0 aliphatic carbocycles. The fourth-order valence-electron chi connectivity index (χ4n) is 0.857. The van der Waals surface area contributed by atoms with Gasteiger partial charge in [0.25, 0.3) is 0 Å². The number of carbonyl (C=O) groups excluding carboxylic acids is 2. The van der Waals surface area contributed by atoms with Gasteiger partial charge in [-0.15, -0.1) is 0 Å². The van der Waals surface area contributed by atoms with Crippen molar-refractivity contribution in [3.63, 3.8) is 0 Å². The Labute approximate surface area is 63.5 Å². The van der Waals surface area contributed by atoms with Crippen molar-refractivity contribution >= 4 is 12.6 Å². The Morgan fingerprint density at radius 2 is 2.36 bits per heavy atom. The van der Waals surface area contributed by atoms with Gasteiger partial charge in [-0.3, -0.25) is 4.79 Å². The van der Waals surface area contributed by atoms with E-state index in [9.17, 15) is 9.59 Å². The summed E-state index contributed by atoms with van der Waals surface area (Å²) in [7, 11) is 0. The van der Waals surface area contributed by atoms with Crippen molar-refractivity contribution in [3.8, 4) is 0 Å². The molecule has 0 radical (unpaired) electrons. The molecule has 0 amide bonds. The molecule has 0 aromatic carbocycles. The smallest absolute Gasteiger partial charge is 0.165 e. The quantitative estimate of drug-likeness (QED) is 0.423. The summed E-state index contributed by atoms with van der Waals surface area (Å²) in [6, 6.07) is 0. The average molecular weight is 156 g/mol. The van der Waals surface area contributed by atoms with Crippen molar-refractivity contribution in [2.75, 3.05) is 6.61 Å². The first-order valence-corrected chi connectivity index (χ1v) is 3.16. The van der Waals surface area contributed by atoms with E-state index in [-0.39, 0.29) is 0 Å². The maximum Gasteiger partial charge on any atom is 0.165 e. The zero-order valence-corrected chi connectivity index (χ0v) is 5.77. The summed E-state index contributed by atoms with van der Waals surface area (Å²) < 4.78 is 4.90. The van der Waals surface area contributed by atoms with Gasteiger partial charge >= 0.3 is 0 Å². The molecule has 60 valence electrons. The molecule has 0 fully saturated rings. The number of ether oxygens (including phenoxy) is 1. The Morgan fingerprint density at radius 1 is 1.64 bits per heavy atom. The van der Waals surface area contributed by atoms with Gasteiger partial charge in [0.1, 0.15) is 6.10 Å². The Hall–Kier alpha value is -1.00. The van der Waals surface area contributed by atoms with E-state index in [1.54, 1.807) is 0 Å². The highest BCUT2D eigenvalue weighted by molar-refractivity contribution is 5.71. The largest absolute Gasteiger partial charge is 0.393 e. The lowest BCUT2D eigenvalue weighted by atomic mass is 10.1. The van der Waals surface area contributed by atoms with Gasteiger partial charge in [-0.25, -0.2) is 0 Å². The van der Waals surface area contributed by atoms with Crippen LogP contribution in [0.25, 0.3) is 0 Å². The first-order valence-electron chi connectivity index (χ1n) is 3.16. The van der Waals surface area contributed by atoms with Gasteiger partial charge in [-0.2, -0.15) is 0 Å². The minimum absolute atomic E-state index is 0.433. The summed E-state index contributed by atoms with van der Waals surface area (Å²) in [5.74, 6) is 0.